The zero-order chi connectivity index (χ0) is 14.0. The predicted octanol–water partition coefficient (Wildman–Crippen LogP) is 2.95. The van der Waals surface area contributed by atoms with E-state index in [-0.39, 0.29) is 5.91 Å². The molecule has 100 valence electrons. The van der Waals surface area contributed by atoms with Gasteiger partial charge in [-0.1, -0.05) is 0 Å². The number of rotatable bonds is 3. The van der Waals surface area contributed by atoms with Gasteiger partial charge in [-0.05, 0) is 40.2 Å². The number of nitrogens with two attached hydrogens (primary N) is 2. The lowest BCUT2D eigenvalue weighted by Crippen LogP contribution is -2.26. The van der Waals surface area contributed by atoms with Gasteiger partial charge in [0.25, 0.3) is 5.91 Å². The Morgan fingerprint density at radius 1 is 1.37 bits per heavy atom. The van der Waals surface area contributed by atoms with Crippen LogP contribution in [0.2, 0.25) is 0 Å². The Bertz CT molecular complexity index is 612. The molecule has 1 aromatic carbocycles. The fourth-order valence-electron chi connectivity index (χ4n) is 1.72. The van der Waals surface area contributed by atoms with E-state index in [1.165, 1.54) is 0 Å². The fraction of sp³-hybridized carbons (Fsp3) is 0.154. The average Bonchev–Trinajstić information content (AvgIpc) is 2.74. The number of amides is 1. The quantitative estimate of drug-likeness (QED) is 0.844. The number of nitrogen functional groups attached to an aromatic ring is 2. The van der Waals surface area contributed by atoms with E-state index < -0.39 is 0 Å². The van der Waals surface area contributed by atoms with Crippen molar-refractivity contribution in [3.05, 3.63) is 44.6 Å². The molecule has 4 N–H and O–H groups in total. The summed E-state index contributed by atoms with van der Waals surface area (Å²) >= 11 is 5.00. The minimum absolute atomic E-state index is 0.109. The molecule has 2 aromatic rings. The summed E-state index contributed by atoms with van der Waals surface area (Å²) in [6.07, 6.45) is 0. The summed E-state index contributed by atoms with van der Waals surface area (Å²) in [7, 11) is 1.76. The summed E-state index contributed by atoms with van der Waals surface area (Å²) in [4.78, 5) is 15.0. The van der Waals surface area contributed by atoms with Crippen molar-refractivity contribution in [1.82, 2.24) is 4.90 Å². The van der Waals surface area contributed by atoms with Crippen LogP contribution in [0.1, 0.15) is 15.2 Å². The first-order valence-electron chi connectivity index (χ1n) is 5.60. The molecule has 0 radical (unpaired) electrons. The van der Waals surface area contributed by atoms with Gasteiger partial charge in [0, 0.05) is 33.2 Å². The summed E-state index contributed by atoms with van der Waals surface area (Å²) in [6.45, 7) is 0.554. The van der Waals surface area contributed by atoms with Crippen LogP contribution in [0.25, 0.3) is 0 Å². The van der Waals surface area contributed by atoms with Crippen molar-refractivity contribution in [2.45, 2.75) is 6.54 Å². The van der Waals surface area contributed by atoms with Crippen LogP contribution in [-0.2, 0) is 6.54 Å². The number of thiophene rings is 1. The topological polar surface area (TPSA) is 72.3 Å². The van der Waals surface area contributed by atoms with Gasteiger partial charge in [-0.25, -0.2) is 0 Å². The van der Waals surface area contributed by atoms with Crippen LogP contribution in [0.5, 0.6) is 0 Å². The van der Waals surface area contributed by atoms with E-state index in [0.717, 1.165) is 9.35 Å². The standard InChI is InChI=1S/C13H14BrN3OS/c1-17(6-10-4-8(14)7-19-10)13(18)11-3-2-9(15)5-12(11)16/h2-5,7H,6,15-16H2,1H3. The summed E-state index contributed by atoms with van der Waals surface area (Å²) < 4.78 is 1.03. The van der Waals surface area contributed by atoms with Gasteiger partial charge in [0.15, 0.2) is 0 Å². The Labute approximate surface area is 124 Å². The molecule has 0 bridgehead atoms. The lowest BCUT2D eigenvalue weighted by molar-refractivity contribution is 0.0787. The van der Waals surface area contributed by atoms with Gasteiger partial charge in [-0.15, -0.1) is 11.3 Å². The SMILES string of the molecule is CN(Cc1cc(Br)cs1)C(=O)c1ccc(N)cc1N. The van der Waals surface area contributed by atoms with Gasteiger partial charge in [-0.2, -0.15) is 0 Å². The lowest BCUT2D eigenvalue weighted by Gasteiger charge is -2.17. The van der Waals surface area contributed by atoms with Crippen molar-refractivity contribution in [2.24, 2.45) is 0 Å². The Morgan fingerprint density at radius 3 is 2.68 bits per heavy atom. The molecule has 0 unspecified atom stereocenters. The molecule has 2 rings (SSSR count). The monoisotopic (exact) mass is 339 g/mol. The van der Waals surface area contributed by atoms with Crippen molar-refractivity contribution < 1.29 is 4.79 Å². The van der Waals surface area contributed by atoms with Crippen molar-refractivity contribution in [3.8, 4) is 0 Å². The van der Waals surface area contributed by atoms with E-state index in [1.54, 1.807) is 41.5 Å². The zero-order valence-corrected chi connectivity index (χ0v) is 12.8. The first-order chi connectivity index (χ1) is 8.97. The van der Waals surface area contributed by atoms with Gasteiger partial charge >= 0.3 is 0 Å². The van der Waals surface area contributed by atoms with E-state index in [1.807, 2.05) is 11.4 Å². The van der Waals surface area contributed by atoms with E-state index >= 15 is 0 Å². The number of halogens is 1. The first kappa shape index (κ1) is 13.9. The van der Waals surface area contributed by atoms with Crippen molar-refractivity contribution in [2.75, 3.05) is 18.5 Å². The Balaban J connectivity index is 2.14. The third kappa shape index (κ3) is 3.27. The second kappa shape index (κ2) is 5.63. The molecule has 6 heteroatoms. The van der Waals surface area contributed by atoms with Crippen LogP contribution < -0.4 is 11.5 Å². The molecular formula is C13H14BrN3OS. The maximum atomic E-state index is 12.3. The minimum Gasteiger partial charge on any atom is -0.399 e. The Kier molecular flexibility index (Phi) is 4.11. The number of hydrogen-bond acceptors (Lipinski definition) is 4. The maximum Gasteiger partial charge on any atom is 0.256 e. The van der Waals surface area contributed by atoms with Crippen LogP contribution in [0.15, 0.2) is 34.1 Å². The molecule has 0 aliphatic heterocycles. The van der Waals surface area contributed by atoms with E-state index in [9.17, 15) is 4.79 Å². The summed E-state index contributed by atoms with van der Waals surface area (Å²) in [5.41, 5.74) is 12.9. The fourth-order valence-corrected chi connectivity index (χ4v) is 3.23. The van der Waals surface area contributed by atoms with Gasteiger partial charge in [0.1, 0.15) is 0 Å². The largest absolute Gasteiger partial charge is 0.399 e. The number of carbonyl (C=O) groups is 1. The Morgan fingerprint density at radius 2 is 2.11 bits per heavy atom. The third-order valence-electron chi connectivity index (χ3n) is 2.67. The lowest BCUT2D eigenvalue weighted by atomic mass is 10.1. The van der Waals surface area contributed by atoms with Crippen molar-refractivity contribution in [3.63, 3.8) is 0 Å². The molecule has 0 saturated heterocycles. The normalized spacial score (nSPS) is 10.4. The van der Waals surface area contributed by atoms with Gasteiger partial charge in [0.05, 0.1) is 12.1 Å². The molecule has 0 aliphatic carbocycles. The second-order valence-electron chi connectivity index (χ2n) is 4.24. The number of anilines is 2. The van der Waals surface area contributed by atoms with Gasteiger partial charge in [-0.3, -0.25) is 4.79 Å². The molecule has 1 amide bonds. The summed E-state index contributed by atoms with van der Waals surface area (Å²) in [5, 5.41) is 1.99. The number of hydrogen-bond donors (Lipinski definition) is 2. The molecule has 0 spiro atoms. The molecule has 1 heterocycles. The molecule has 0 saturated carbocycles. The first-order valence-corrected chi connectivity index (χ1v) is 7.28. The number of benzene rings is 1. The molecule has 0 atom stereocenters. The zero-order valence-electron chi connectivity index (χ0n) is 10.4. The highest BCUT2D eigenvalue weighted by atomic mass is 79.9. The highest BCUT2D eigenvalue weighted by Crippen LogP contribution is 2.22. The van der Waals surface area contributed by atoms with Crippen LogP contribution in [0, 0.1) is 0 Å². The van der Waals surface area contributed by atoms with Crippen LogP contribution in [0.4, 0.5) is 11.4 Å². The molecule has 0 aliphatic rings. The van der Waals surface area contributed by atoms with E-state index in [2.05, 4.69) is 15.9 Å². The second-order valence-corrected chi connectivity index (χ2v) is 6.15. The van der Waals surface area contributed by atoms with Crippen LogP contribution >= 0.6 is 27.3 Å². The van der Waals surface area contributed by atoms with E-state index in [0.29, 0.717) is 23.5 Å². The molecule has 19 heavy (non-hydrogen) atoms. The maximum absolute atomic E-state index is 12.3. The molecule has 0 fully saturated rings. The van der Waals surface area contributed by atoms with Crippen molar-refractivity contribution in [1.29, 1.82) is 0 Å². The summed E-state index contributed by atoms with van der Waals surface area (Å²) in [6, 6.07) is 6.94. The molecular weight excluding hydrogens is 326 g/mol. The predicted molar refractivity (Wildman–Crippen MR) is 83.1 cm³/mol. The average molecular weight is 340 g/mol. The van der Waals surface area contributed by atoms with E-state index in [4.69, 9.17) is 11.5 Å². The smallest absolute Gasteiger partial charge is 0.256 e. The Hall–Kier alpha value is -1.53. The van der Waals surface area contributed by atoms with Crippen LogP contribution in [0.3, 0.4) is 0 Å². The van der Waals surface area contributed by atoms with Crippen LogP contribution in [-0.4, -0.2) is 17.9 Å². The van der Waals surface area contributed by atoms with Crippen molar-refractivity contribution >= 4 is 44.5 Å². The highest BCUT2D eigenvalue weighted by Gasteiger charge is 2.15. The third-order valence-corrected chi connectivity index (χ3v) is 4.35. The van der Waals surface area contributed by atoms with Gasteiger partial charge < -0.3 is 16.4 Å². The molecule has 4 nitrogen and oxygen atoms in total. The number of carbonyl (C=O) groups excluding carboxylic acids is 1. The minimum atomic E-state index is -0.109. The number of nitrogens with zero attached hydrogens (tertiary/aromatic N) is 1. The van der Waals surface area contributed by atoms with Gasteiger partial charge in [0.2, 0.25) is 0 Å². The highest BCUT2D eigenvalue weighted by molar-refractivity contribution is 9.10. The summed E-state index contributed by atoms with van der Waals surface area (Å²) in [5.74, 6) is -0.109. The molecule has 1 aromatic heterocycles.